The molecule has 0 aromatic heterocycles. The van der Waals surface area contributed by atoms with Crippen molar-refractivity contribution in [2.24, 2.45) is 0 Å². The number of hydrogen-bond donors (Lipinski definition) is 1. The summed E-state index contributed by atoms with van der Waals surface area (Å²) < 4.78 is 5.80. The fourth-order valence-corrected chi connectivity index (χ4v) is 2.95. The molecule has 1 aliphatic heterocycles. The van der Waals surface area contributed by atoms with E-state index in [-0.39, 0.29) is 6.04 Å². The predicted octanol–water partition coefficient (Wildman–Crippen LogP) is 3.01. The Labute approximate surface area is 126 Å². The molecule has 1 aromatic carbocycles. The zero-order chi connectivity index (χ0) is 15.2. The van der Waals surface area contributed by atoms with Crippen LogP contribution in [0.1, 0.15) is 36.8 Å². The van der Waals surface area contributed by atoms with Gasteiger partial charge >= 0.3 is 5.97 Å². The molecule has 1 atom stereocenters. The molecule has 1 heterocycles. The molecule has 21 heavy (non-hydrogen) atoms. The highest BCUT2D eigenvalue weighted by Crippen LogP contribution is 2.20. The van der Waals surface area contributed by atoms with Gasteiger partial charge in [0.15, 0.2) is 0 Å². The molecule has 1 aromatic rings. The fraction of sp³-hybridized carbons (Fsp3) is 0.588. The van der Waals surface area contributed by atoms with Crippen molar-refractivity contribution in [1.29, 1.82) is 0 Å². The lowest BCUT2D eigenvalue weighted by atomic mass is 10.0. The Morgan fingerprint density at radius 3 is 2.90 bits per heavy atom. The zero-order valence-corrected chi connectivity index (χ0v) is 13.0. The number of rotatable bonds is 6. The van der Waals surface area contributed by atoms with E-state index in [2.05, 4.69) is 17.9 Å². The Hall–Kier alpha value is -1.55. The van der Waals surface area contributed by atoms with Gasteiger partial charge in [-0.1, -0.05) is 24.1 Å². The van der Waals surface area contributed by atoms with E-state index in [0.29, 0.717) is 6.61 Å². The van der Waals surface area contributed by atoms with Crippen LogP contribution in [0.25, 0.3) is 0 Å². The Balaban J connectivity index is 1.77. The van der Waals surface area contributed by atoms with Gasteiger partial charge in [-0.15, -0.1) is 0 Å². The van der Waals surface area contributed by atoms with E-state index < -0.39 is 5.97 Å². The lowest BCUT2D eigenvalue weighted by Crippen LogP contribution is -2.45. The molecule has 1 unspecified atom stereocenters. The first-order valence-corrected chi connectivity index (χ1v) is 7.75. The molecule has 1 saturated heterocycles. The third kappa shape index (κ3) is 4.46. The summed E-state index contributed by atoms with van der Waals surface area (Å²) in [7, 11) is 0. The molecule has 116 valence electrons. The van der Waals surface area contributed by atoms with Gasteiger partial charge in [-0.3, -0.25) is 9.69 Å². The number of likely N-dealkylation sites (tertiary alicyclic amines) is 1. The number of carboxylic acids is 1. The summed E-state index contributed by atoms with van der Waals surface area (Å²) in [6, 6.07) is 5.86. The van der Waals surface area contributed by atoms with E-state index >= 15 is 0 Å². The summed E-state index contributed by atoms with van der Waals surface area (Å²) in [5.41, 5.74) is 2.38. The van der Waals surface area contributed by atoms with Crippen LogP contribution in [0.2, 0.25) is 0 Å². The third-order valence-electron chi connectivity index (χ3n) is 4.08. The van der Waals surface area contributed by atoms with E-state index in [0.717, 1.165) is 50.1 Å². The van der Waals surface area contributed by atoms with Crippen molar-refractivity contribution >= 4 is 5.97 Å². The Morgan fingerprint density at radius 2 is 2.19 bits per heavy atom. The summed E-state index contributed by atoms with van der Waals surface area (Å²) in [5, 5.41) is 9.23. The van der Waals surface area contributed by atoms with Crippen molar-refractivity contribution in [3.8, 4) is 5.75 Å². The SMILES string of the molecule is Cc1ccc(OCCCN2CCCCC2C(=O)O)c(C)c1. The van der Waals surface area contributed by atoms with Crippen molar-refractivity contribution in [2.45, 2.75) is 45.6 Å². The first-order chi connectivity index (χ1) is 10.1. The Kier molecular flexibility index (Phi) is 5.62. The average Bonchev–Trinajstić information content (AvgIpc) is 2.45. The maximum Gasteiger partial charge on any atom is 0.320 e. The topological polar surface area (TPSA) is 49.8 Å². The fourth-order valence-electron chi connectivity index (χ4n) is 2.95. The van der Waals surface area contributed by atoms with Gasteiger partial charge in [-0.25, -0.2) is 0 Å². The summed E-state index contributed by atoms with van der Waals surface area (Å²) in [6.45, 7) is 6.43. The lowest BCUT2D eigenvalue weighted by molar-refractivity contribution is -0.144. The molecule has 0 amide bonds. The highest BCUT2D eigenvalue weighted by atomic mass is 16.5. The maximum absolute atomic E-state index is 11.2. The number of hydrogen-bond acceptors (Lipinski definition) is 3. The maximum atomic E-state index is 11.2. The van der Waals surface area contributed by atoms with Gasteiger partial charge in [0, 0.05) is 6.54 Å². The number of piperidine rings is 1. The van der Waals surface area contributed by atoms with Crippen LogP contribution < -0.4 is 4.74 Å². The van der Waals surface area contributed by atoms with Gasteiger partial charge in [0.25, 0.3) is 0 Å². The van der Waals surface area contributed by atoms with E-state index in [1.54, 1.807) is 0 Å². The zero-order valence-electron chi connectivity index (χ0n) is 13.0. The molecule has 0 spiro atoms. The standard InChI is InChI=1S/C17H25NO3/c1-13-7-8-16(14(2)12-13)21-11-5-10-18-9-4-3-6-15(18)17(19)20/h7-8,12,15H,3-6,9-11H2,1-2H3,(H,19,20). The first kappa shape index (κ1) is 15.8. The molecule has 4 heteroatoms. The predicted molar refractivity (Wildman–Crippen MR) is 82.9 cm³/mol. The van der Waals surface area contributed by atoms with Crippen LogP contribution in [0.4, 0.5) is 0 Å². The van der Waals surface area contributed by atoms with Crippen molar-refractivity contribution in [3.05, 3.63) is 29.3 Å². The minimum absolute atomic E-state index is 0.306. The normalized spacial score (nSPS) is 19.4. The number of aliphatic carboxylic acids is 1. The van der Waals surface area contributed by atoms with Gasteiger partial charge in [0.1, 0.15) is 11.8 Å². The van der Waals surface area contributed by atoms with E-state index in [1.165, 1.54) is 5.56 Å². The molecule has 1 fully saturated rings. The molecule has 0 radical (unpaired) electrons. The van der Waals surface area contributed by atoms with Gasteiger partial charge in [0.05, 0.1) is 6.61 Å². The largest absolute Gasteiger partial charge is 0.493 e. The first-order valence-electron chi connectivity index (χ1n) is 7.75. The van der Waals surface area contributed by atoms with Crippen LogP contribution >= 0.6 is 0 Å². The second-order valence-electron chi connectivity index (χ2n) is 5.86. The van der Waals surface area contributed by atoms with E-state index in [4.69, 9.17) is 4.74 Å². The summed E-state index contributed by atoms with van der Waals surface area (Å²) in [4.78, 5) is 13.3. The number of aryl methyl sites for hydroxylation is 2. The van der Waals surface area contributed by atoms with Gasteiger partial charge in [-0.05, 0) is 51.3 Å². The number of benzene rings is 1. The number of carbonyl (C=O) groups is 1. The van der Waals surface area contributed by atoms with Crippen molar-refractivity contribution in [1.82, 2.24) is 4.90 Å². The molecule has 1 aliphatic rings. The highest BCUT2D eigenvalue weighted by molar-refractivity contribution is 5.73. The van der Waals surface area contributed by atoms with Crippen molar-refractivity contribution < 1.29 is 14.6 Å². The van der Waals surface area contributed by atoms with Gasteiger partial charge in [0.2, 0.25) is 0 Å². The highest BCUT2D eigenvalue weighted by Gasteiger charge is 2.27. The summed E-state index contributed by atoms with van der Waals surface area (Å²) >= 11 is 0. The minimum atomic E-state index is -0.690. The van der Waals surface area contributed by atoms with Crippen LogP contribution in [-0.2, 0) is 4.79 Å². The lowest BCUT2D eigenvalue weighted by Gasteiger charge is -2.32. The Morgan fingerprint density at radius 1 is 1.38 bits per heavy atom. The van der Waals surface area contributed by atoms with Crippen LogP contribution in [0.15, 0.2) is 18.2 Å². The molecule has 0 bridgehead atoms. The van der Waals surface area contributed by atoms with Crippen LogP contribution in [-0.4, -0.2) is 41.7 Å². The number of ether oxygens (including phenoxy) is 1. The molecule has 0 saturated carbocycles. The number of nitrogens with zero attached hydrogens (tertiary/aromatic N) is 1. The molecule has 2 rings (SSSR count). The smallest absolute Gasteiger partial charge is 0.320 e. The third-order valence-corrected chi connectivity index (χ3v) is 4.08. The summed E-state index contributed by atoms with van der Waals surface area (Å²) in [5.74, 6) is 0.235. The van der Waals surface area contributed by atoms with Crippen LogP contribution in [0.3, 0.4) is 0 Å². The van der Waals surface area contributed by atoms with Gasteiger partial charge in [-0.2, -0.15) is 0 Å². The molecule has 4 nitrogen and oxygen atoms in total. The van der Waals surface area contributed by atoms with Crippen molar-refractivity contribution in [2.75, 3.05) is 19.7 Å². The van der Waals surface area contributed by atoms with Crippen molar-refractivity contribution in [3.63, 3.8) is 0 Å². The molecule has 0 aliphatic carbocycles. The minimum Gasteiger partial charge on any atom is -0.493 e. The second-order valence-corrected chi connectivity index (χ2v) is 5.86. The van der Waals surface area contributed by atoms with E-state index in [9.17, 15) is 9.90 Å². The van der Waals surface area contributed by atoms with Gasteiger partial charge < -0.3 is 9.84 Å². The second kappa shape index (κ2) is 7.46. The summed E-state index contributed by atoms with van der Waals surface area (Å²) in [6.07, 6.45) is 3.75. The average molecular weight is 291 g/mol. The monoisotopic (exact) mass is 291 g/mol. The molecular formula is C17H25NO3. The Bertz CT molecular complexity index is 487. The van der Waals surface area contributed by atoms with E-state index in [1.807, 2.05) is 19.1 Å². The van der Waals surface area contributed by atoms with Crippen LogP contribution in [0.5, 0.6) is 5.75 Å². The quantitative estimate of drug-likeness (QED) is 0.819. The molecular weight excluding hydrogens is 266 g/mol. The van der Waals surface area contributed by atoms with Crippen LogP contribution in [0, 0.1) is 13.8 Å². The molecule has 1 N–H and O–H groups in total. The number of carboxylic acid groups (broad SMARTS) is 1.